The number of hydrogen-bond donors (Lipinski definition) is 2. The Kier molecular flexibility index (Phi) is 6.45. The van der Waals surface area contributed by atoms with Crippen LogP contribution in [-0.4, -0.2) is 30.5 Å². The van der Waals surface area contributed by atoms with Crippen LogP contribution in [0.2, 0.25) is 0 Å². The van der Waals surface area contributed by atoms with Crippen LogP contribution in [0, 0.1) is 0 Å². The van der Waals surface area contributed by atoms with Crippen molar-refractivity contribution in [3.05, 3.63) is 71.8 Å². The highest BCUT2D eigenvalue weighted by atomic mass is 16.5. The first-order chi connectivity index (χ1) is 10.8. The van der Waals surface area contributed by atoms with Gasteiger partial charge in [-0.15, -0.1) is 0 Å². The molecule has 0 radical (unpaired) electrons. The molecule has 2 aromatic carbocycles. The maximum atomic E-state index is 11.7. The Morgan fingerprint density at radius 2 is 1.59 bits per heavy atom. The second-order valence-corrected chi connectivity index (χ2v) is 5.09. The van der Waals surface area contributed by atoms with Gasteiger partial charge in [-0.2, -0.15) is 0 Å². The van der Waals surface area contributed by atoms with E-state index in [4.69, 9.17) is 4.74 Å². The van der Waals surface area contributed by atoms with Gasteiger partial charge in [0.05, 0.1) is 19.3 Å². The smallest absolute Gasteiger partial charge is 0.407 e. The number of nitrogens with one attached hydrogen (secondary N) is 1. The molecule has 2 rings (SSSR count). The van der Waals surface area contributed by atoms with Gasteiger partial charge in [-0.1, -0.05) is 60.7 Å². The molecule has 1 amide bonds. The molecule has 2 N–H and O–H groups in total. The van der Waals surface area contributed by atoms with Crippen LogP contribution in [0.4, 0.5) is 4.79 Å². The molecule has 22 heavy (non-hydrogen) atoms. The lowest BCUT2D eigenvalue weighted by Crippen LogP contribution is -2.39. The van der Waals surface area contributed by atoms with Gasteiger partial charge in [-0.25, -0.2) is 4.79 Å². The maximum Gasteiger partial charge on any atom is 0.407 e. The van der Waals surface area contributed by atoms with Crippen molar-refractivity contribution in [2.45, 2.75) is 18.9 Å². The number of alkyl carbamates (subject to hydrolysis) is 1. The van der Waals surface area contributed by atoms with Gasteiger partial charge in [0.25, 0.3) is 0 Å². The second kappa shape index (κ2) is 8.85. The van der Waals surface area contributed by atoms with Crippen LogP contribution in [-0.2, 0) is 17.6 Å². The van der Waals surface area contributed by atoms with Crippen molar-refractivity contribution in [2.24, 2.45) is 0 Å². The summed E-state index contributed by atoms with van der Waals surface area (Å²) in [5.41, 5.74) is 2.18. The lowest BCUT2D eigenvalue weighted by Gasteiger charge is -2.16. The Balaban J connectivity index is 1.72. The van der Waals surface area contributed by atoms with Crippen molar-refractivity contribution in [1.29, 1.82) is 0 Å². The number of aliphatic hydroxyl groups excluding tert-OH is 1. The van der Waals surface area contributed by atoms with E-state index < -0.39 is 6.09 Å². The van der Waals surface area contributed by atoms with E-state index in [-0.39, 0.29) is 12.6 Å². The van der Waals surface area contributed by atoms with Gasteiger partial charge in [0.2, 0.25) is 0 Å². The fourth-order valence-electron chi connectivity index (χ4n) is 2.17. The molecule has 2 aromatic rings. The molecular weight excluding hydrogens is 278 g/mol. The van der Waals surface area contributed by atoms with Crippen LogP contribution in [0.25, 0.3) is 0 Å². The third kappa shape index (κ3) is 5.58. The van der Waals surface area contributed by atoms with Crippen molar-refractivity contribution in [3.8, 4) is 0 Å². The zero-order valence-corrected chi connectivity index (χ0v) is 12.4. The van der Waals surface area contributed by atoms with Gasteiger partial charge in [0.1, 0.15) is 0 Å². The molecule has 4 nitrogen and oxygen atoms in total. The quantitative estimate of drug-likeness (QED) is 0.826. The average molecular weight is 299 g/mol. The minimum Gasteiger partial charge on any atom is -0.449 e. The summed E-state index contributed by atoms with van der Waals surface area (Å²) in [4.78, 5) is 11.7. The predicted octanol–water partition coefficient (Wildman–Crippen LogP) is 2.56. The van der Waals surface area contributed by atoms with E-state index in [1.807, 2.05) is 60.7 Å². The van der Waals surface area contributed by atoms with Crippen LogP contribution >= 0.6 is 0 Å². The molecule has 0 unspecified atom stereocenters. The highest BCUT2D eigenvalue weighted by molar-refractivity contribution is 5.67. The summed E-state index contributed by atoms with van der Waals surface area (Å²) < 4.78 is 5.15. The largest absolute Gasteiger partial charge is 0.449 e. The predicted molar refractivity (Wildman–Crippen MR) is 85.6 cm³/mol. The van der Waals surface area contributed by atoms with Crippen LogP contribution in [0.15, 0.2) is 60.7 Å². The van der Waals surface area contributed by atoms with E-state index >= 15 is 0 Å². The fraction of sp³-hybridized carbons (Fsp3) is 0.278. The van der Waals surface area contributed by atoms with Crippen LogP contribution in [0.3, 0.4) is 0 Å². The molecule has 0 aliphatic carbocycles. The Bertz CT molecular complexity index is 557. The minimum atomic E-state index is -0.495. The zero-order valence-electron chi connectivity index (χ0n) is 12.4. The number of ether oxygens (including phenoxy) is 1. The molecule has 116 valence electrons. The van der Waals surface area contributed by atoms with Crippen molar-refractivity contribution in [2.75, 3.05) is 13.2 Å². The standard InChI is InChI=1S/C18H21NO3/c20-14-17(13-16-9-5-2-6-10-16)19-18(21)22-12-11-15-7-3-1-4-8-15/h1-10,17,20H,11-14H2,(H,19,21)/t17-/m0/s1. The maximum absolute atomic E-state index is 11.7. The molecule has 0 aliphatic heterocycles. The summed E-state index contributed by atoms with van der Waals surface area (Å²) >= 11 is 0. The topological polar surface area (TPSA) is 58.6 Å². The highest BCUT2D eigenvalue weighted by Crippen LogP contribution is 2.04. The average Bonchev–Trinajstić information content (AvgIpc) is 2.56. The molecule has 0 spiro atoms. The summed E-state index contributed by atoms with van der Waals surface area (Å²) in [6.45, 7) is 0.196. The van der Waals surface area contributed by atoms with E-state index in [2.05, 4.69) is 5.32 Å². The Morgan fingerprint density at radius 3 is 2.18 bits per heavy atom. The summed E-state index contributed by atoms with van der Waals surface area (Å²) in [6.07, 6.45) is 0.757. The fourth-order valence-corrected chi connectivity index (χ4v) is 2.17. The lowest BCUT2D eigenvalue weighted by molar-refractivity contribution is 0.136. The molecule has 0 saturated heterocycles. The molecule has 0 aliphatic rings. The number of rotatable bonds is 7. The molecular formula is C18H21NO3. The summed E-state index contributed by atoms with van der Waals surface area (Å²) in [7, 11) is 0. The molecule has 0 fully saturated rings. The van der Waals surface area contributed by atoms with Gasteiger partial charge < -0.3 is 15.2 Å². The summed E-state index contributed by atoms with van der Waals surface area (Å²) in [6, 6.07) is 19.2. The SMILES string of the molecule is O=C(N[C@H](CO)Cc1ccccc1)OCCc1ccccc1. The first kappa shape index (κ1) is 16.0. The number of carbonyl (C=O) groups is 1. The summed E-state index contributed by atoms with van der Waals surface area (Å²) in [5, 5.41) is 12.1. The van der Waals surface area contributed by atoms with Gasteiger partial charge in [0, 0.05) is 6.42 Å². The van der Waals surface area contributed by atoms with Crippen molar-refractivity contribution < 1.29 is 14.6 Å². The molecule has 0 aromatic heterocycles. The van der Waals surface area contributed by atoms with Crippen LogP contribution in [0.5, 0.6) is 0 Å². The van der Waals surface area contributed by atoms with E-state index in [1.54, 1.807) is 0 Å². The van der Waals surface area contributed by atoms with E-state index in [0.29, 0.717) is 19.4 Å². The molecule has 4 heteroatoms. The third-order valence-corrected chi connectivity index (χ3v) is 3.33. The van der Waals surface area contributed by atoms with Gasteiger partial charge in [-0.05, 0) is 17.5 Å². The van der Waals surface area contributed by atoms with Gasteiger partial charge in [0.15, 0.2) is 0 Å². The van der Waals surface area contributed by atoms with Crippen molar-refractivity contribution in [3.63, 3.8) is 0 Å². The number of amides is 1. The molecule has 0 saturated carbocycles. The molecule has 1 atom stereocenters. The number of hydrogen-bond acceptors (Lipinski definition) is 3. The number of carbonyl (C=O) groups excluding carboxylic acids is 1. The molecule has 0 heterocycles. The summed E-state index contributed by atoms with van der Waals surface area (Å²) in [5.74, 6) is 0. The second-order valence-electron chi connectivity index (χ2n) is 5.09. The van der Waals surface area contributed by atoms with Crippen LogP contribution in [0.1, 0.15) is 11.1 Å². The Labute approximate surface area is 130 Å². The molecule has 0 bridgehead atoms. The van der Waals surface area contributed by atoms with Gasteiger partial charge >= 0.3 is 6.09 Å². The van der Waals surface area contributed by atoms with Crippen LogP contribution < -0.4 is 5.32 Å². The lowest BCUT2D eigenvalue weighted by atomic mass is 10.1. The highest BCUT2D eigenvalue weighted by Gasteiger charge is 2.12. The van der Waals surface area contributed by atoms with Crippen molar-refractivity contribution in [1.82, 2.24) is 5.32 Å². The minimum absolute atomic E-state index is 0.122. The van der Waals surface area contributed by atoms with E-state index in [1.165, 1.54) is 0 Å². The zero-order chi connectivity index (χ0) is 15.6. The van der Waals surface area contributed by atoms with Gasteiger partial charge in [-0.3, -0.25) is 0 Å². The number of aliphatic hydroxyl groups is 1. The van der Waals surface area contributed by atoms with Crippen molar-refractivity contribution >= 4 is 6.09 Å². The first-order valence-electron chi connectivity index (χ1n) is 7.40. The normalized spacial score (nSPS) is 11.7. The Hall–Kier alpha value is -2.33. The Morgan fingerprint density at radius 1 is 1.00 bits per heavy atom. The monoisotopic (exact) mass is 299 g/mol. The third-order valence-electron chi connectivity index (χ3n) is 3.33. The first-order valence-corrected chi connectivity index (χ1v) is 7.40. The number of benzene rings is 2. The van der Waals surface area contributed by atoms with E-state index in [0.717, 1.165) is 11.1 Å². The van der Waals surface area contributed by atoms with E-state index in [9.17, 15) is 9.90 Å².